The van der Waals surface area contributed by atoms with Crippen molar-refractivity contribution in [2.45, 2.75) is 25.9 Å². The summed E-state index contributed by atoms with van der Waals surface area (Å²) in [5, 5.41) is 14.8. The predicted octanol–water partition coefficient (Wildman–Crippen LogP) is 2.22. The van der Waals surface area contributed by atoms with Crippen molar-refractivity contribution in [1.29, 1.82) is 0 Å². The Morgan fingerprint density at radius 3 is 2.89 bits per heavy atom. The molecule has 3 N–H and O–H groups in total. The van der Waals surface area contributed by atoms with Gasteiger partial charge in [0.2, 0.25) is 5.91 Å². The fraction of sp³-hybridized carbons (Fsp3) is 0.300. The highest BCUT2D eigenvalue weighted by atomic mass is 16.4. The van der Waals surface area contributed by atoms with Crippen molar-refractivity contribution in [2.75, 3.05) is 23.7 Å². The molecule has 0 spiro atoms. The van der Waals surface area contributed by atoms with E-state index in [4.69, 9.17) is 5.11 Å². The topological polar surface area (TPSA) is 107 Å². The second-order valence-corrected chi connectivity index (χ2v) is 6.74. The van der Waals surface area contributed by atoms with Gasteiger partial charge in [-0.3, -0.25) is 14.7 Å². The van der Waals surface area contributed by atoms with Crippen LogP contribution >= 0.6 is 0 Å². The van der Waals surface area contributed by atoms with E-state index in [-0.39, 0.29) is 11.9 Å². The molecule has 1 fully saturated rings. The highest BCUT2D eigenvalue weighted by molar-refractivity contribution is 5.88. The van der Waals surface area contributed by atoms with Gasteiger partial charge in [0.15, 0.2) is 0 Å². The zero-order valence-corrected chi connectivity index (χ0v) is 15.6. The first-order chi connectivity index (χ1) is 13.5. The van der Waals surface area contributed by atoms with Crippen molar-refractivity contribution >= 4 is 29.5 Å². The lowest BCUT2D eigenvalue weighted by atomic mass is 10.2. The van der Waals surface area contributed by atoms with Gasteiger partial charge < -0.3 is 15.7 Å². The average Bonchev–Trinajstić information content (AvgIpc) is 3.07. The molecule has 2 heterocycles. The van der Waals surface area contributed by atoms with E-state index in [0.717, 1.165) is 43.4 Å². The molecule has 0 unspecified atom stereocenters. The highest BCUT2D eigenvalue weighted by Crippen LogP contribution is 2.18. The second kappa shape index (κ2) is 9.09. The molecular weight excluding hydrogens is 358 g/mol. The van der Waals surface area contributed by atoms with Gasteiger partial charge in [-0.2, -0.15) is 0 Å². The number of hydrogen-bond donors (Lipinski definition) is 3. The normalized spacial score (nSPS) is 17.0. The van der Waals surface area contributed by atoms with Crippen LogP contribution in [0, 0.1) is 0 Å². The van der Waals surface area contributed by atoms with E-state index in [1.54, 1.807) is 12.4 Å². The van der Waals surface area contributed by atoms with Crippen LogP contribution in [0.25, 0.3) is 6.08 Å². The second-order valence-electron chi connectivity index (χ2n) is 6.74. The van der Waals surface area contributed by atoms with Crippen LogP contribution in [0.4, 0.5) is 11.5 Å². The van der Waals surface area contributed by atoms with Gasteiger partial charge >= 0.3 is 5.97 Å². The Bertz CT molecular complexity index is 866. The minimum atomic E-state index is -1.02. The molecule has 0 bridgehead atoms. The number of nitrogens with zero attached hydrogens (tertiary/aromatic N) is 3. The number of aromatic nitrogens is 2. The number of likely N-dealkylation sites (tertiary alicyclic amines) is 1. The molecule has 1 aliphatic rings. The summed E-state index contributed by atoms with van der Waals surface area (Å²) < 4.78 is 0. The molecule has 8 nitrogen and oxygen atoms in total. The van der Waals surface area contributed by atoms with Crippen LogP contribution < -0.4 is 10.6 Å². The number of carbonyl (C=O) groups excluding carboxylic acids is 1. The molecule has 0 saturated carbocycles. The lowest BCUT2D eigenvalue weighted by Gasteiger charge is -2.17. The number of carbonyl (C=O) groups is 2. The number of rotatable bonds is 7. The number of carboxylic acid groups (broad SMARTS) is 1. The summed E-state index contributed by atoms with van der Waals surface area (Å²) in [6.45, 7) is 4.17. The van der Waals surface area contributed by atoms with Crippen molar-refractivity contribution in [1.82, 2.24) is 14.9 Å². The zero-order chi connectivity index (χ0) is 19.9. The van der Waals surface area contributed by atoms with Crippen LogP contribution in [-0.4, -0.2) is 51.0 Å². The molecule has 1 aromatic carbocycles. The Morgan fingerprint density at radius 1 is 1.32 bits per heavy atom. The lowest BCUT2D eigenvalue weighted by molar-refractivity contribution is -0.131. The molecule has 1 saturated heterocycles. The third kappa shape index (κ3) is 5.88. The maximum Gasteiger partial charge on any atom is 0.328 e. The highest BCUT2D eigenvalue weighted by Gasteiger charge is 2.22. The fourth-order valence-corrected chi connectivity index (χ4v) is 3.17. The van der Waals surface area contributed by atoms with Gasteiger partial charge in [0.1, 0.15) is 5.82 Å². The van der Waals surface area contributed by atoms with Gasteiger partial charge in [0.05, 0.1) is 18.1 Å². The van der Waals surface area contributed by atoms with Crippen molar-refractivity contribution in [3.05, 3.63) is 54.0 Å². The fourth-order valence-electron chi connectivity index (χ4n) is 3.17. The van der Waals surface area contributed by atoms with Crippen LogP contribution in [0.3, 0.4) is 0 Å². The summed E-state index contributed by atoms with van der Waals surface area (Å²) >= 11 is 0. The predicted molar refractivity (Wildman–Crippen MR) is 107 cm³/mol. The Balaban J connectivity index is 1.51. The lowest BCUT2D eigenvalue weighted by Crippen LogP contribution is -2.26. The van der Waals surface area contributed by atoms with Crippen molar-refractivity contribution < 1.29 is 14.7 Å². The summed E-state index contributed by atoms with van der Waals surface area (Å²) in [6.07, 6.45) is 6.59. The maximum atomic E-state index is 11.2. The molecule has 0 radical (unpaired) electrons. The van der Waals surface area contributed by atoms with E-state index >= 15 is 0 Å². The third-order valence-electron chi connectivity index (χ3n) is 4.35. The molecule has 1 amide bonds. The quantitative estimate of drug-likeness (QED) is 0.631. The van der Waals surface area contributed by atoms with E-state index in [1.165, 1.54) is 13.0 Å². The van der Waals surface area contributed by atoms with Gasteiger partial charge in [-0.25, -0.2) is 9.78 Å². The number of aliphatic carboxylic acids is 1. The molecule has 8 heteroatoms. The van der Waals surface area contributed by atoms with Crippen LogP contribution in [-0.2, 0) is 16.1 Å². The summed E-state index contributed by atoms with van der Waals surface area (Å²) in [7, 11) is 0. The van der Waals surface area contributed by atoms with Crippen LogP contribution in [0.5, 0.6) is 0 Å². The minimum absolute atomic E-state index is 0.0758. The smallest absolute Gasteiger partial charge is 0.328 e. The number of hydrogen-bond acceptors (Lipinski definition) is 6. The van der Waals surface area contributed by atoms with E-state index < -0.39 is 5.97 Å². The summed E-state index contributed by atoms with van der Waals surface area (Å²) in [6, 6.07) is 8.15. The number of carboxylic acids is 1. The molecule has 0 aliphatic carbocycles. The molecular formula is C20H23N5O3. The van der Waals surface area contributed by atoms with E-state index in [0.29, 0.717) is 11.5 Å². The largest absolute Gasteiger partial charge is 0.478 e. The van der Waals surface area contributed by atoms with Gasteiger partial charge in [0.25, 0.3) is 0 Å². The Kier molecular flexibility index (Phi) is 6.33. The SMILES string of the molecule is CC(=O)Nc1cccc(CN2CC[C@@H](Nc3cnc(/C=C/C(=O)O)cn3)C2)c1. The molecule has 1 aromatic heterocycles. The van der Waals surface area contributed by atoms with Gasteiger partial charge in [-0.1, -0.05) is 12.1 Å². The first-order valence-electron chi connectivity index (χ1n) is 9.06. The van der Waals surface area contributed by atoms with Crippen molar-refractivity contribution in [3.63, 3.8) is 0 Å². The molecule has 2 aromatic rings. The number of benzene rings is 1. The summed E-state index contributed by atoms with van der Waals surface area (Å²) in [4.78, 5) is 32.6. The van der Waals surface area contributed by atoms with Crippen LogP contribution in [0.2, 0.25) is 0 Å². The molecule has 28 heavy (non-hydrogen) atoms. The van der Waals surface area contributed by atoms with E-state index in [2.05, 4.69) is 31.6 Å². The van der Waals surface area contributed by atoms with Crippen LogP contribution in [0.15, 0.2) is 42.7 Å². The zero-order valence-electron chi connectivity index (χ0n) is 15.6. The number of anilines is 2. The Labute approximate surface area is 163 Å². The Morgan fingerprint density at radius 2 is 2.18 bits per heavy atom. The first-order valence-corrected chi connectivity index (χ1v) is 9.06. The minimum Gasteiger partial charge on any atom is -0.478 e. The maximum absolute atomic E-state index is 11.2. The third-order valence-corrected chi connectivity index (χ3v) is 4.35. The average molecular weight is 381 g/mol. The van der Waals surface area contributed by atoms with E-state index in [1.807, 2.05) is 18.2 Å². The molecule has 3 rings (SSSR count). The molecule has 1 atom stereocenters. The van der Waals surface area contributed by atoms with Crippen LogP contribution in [0.1, 0.15) is 24.6 Å². The summed E-state index contributed by atoms with van der Waals surface area (Å²) in [5.41, 5.74) is 2.47. The Hall–Kier alpha value is -3.26. The molecule has 146 valence electrons. The first kappa shape index (κ1) is 19.5. The monoisotopic (exact) mass is 381 g/mol. The summed E-state index contributed by atoms with van der Waals surface area (Å²) in [5.74, 6) is -0.419. The number of amides is 1. The molecule has 1 aliphatic heterocycles. The van der Waals surface area contributed by atoms with E-state index in [9.17, 15) is 9.59 Å². The van der Waals surface area contributed by atoms with Gasteiger partial charge in [-0.15, -0.1) is 0 Å². The number of nitrogens with one attached hydrogen (secondary N) is 2. The van der Waals surface area contributed by atoms with Crippen molar-refractivity contribution in [2.24, 2.45) is 0 Å². The standard InChI is InChI=1S/C20H23N5O3/c1-14(26)23-16-4-2-3-15(9-16)12-25-8-7-18(13-25)24-19-11-21-17(10-22-19)5-6-20(27)28/h2-6,9-11,18H,7-8,12-13H2,1H3,(H,22,24)(H,23,26)(H,27,28)/b6-5+/t18-/m1/s1. The van der Waals surface area contributed by atoms with Crippen molar-refractivity contribution in [3.8, 4) is 0 Å². The van der Waals surface area contributed by atoms with Gasteiger partial charge in [0, 0.05) is 44.4 Å². The van der Waals surface area contributed by atoms with Gasteiger partial charge in [-0.05, 0) is 30.2 Å².